The summed E-state index contributed by atoms with van der Waals surface area (Å²) in [5, 5.41) is 18.9. The highest BCUT2D eigenvalue weighted by Gasteiger charge is 2.24. The first-order chi connectivity index (χ1) is 6.99. The van der Waals surface area contributed by atoms with Crippen molar-refractivity contribution >= 4 is 5.97 Å². The van der Waals surface area contributed by atoms with Crippen LogP contribution in [0.15, 0.2) is 12.1 Å². The number of methoxy groups -OCH3 is 1. The van der Waals surface area contributed by atoms with Gasteiger partial charge in [-0.25, -0.2) is 9.18 Å². The van der Waals surface area contributed by atoms with Gasteiger partial charge in [0.2, 0.25) is 0 Å². The van der Waals surface area contributed by atoms with E-state index < -0.39 is 17.9 Å². The molecule has 2 N–H and O–H groups in total. The average Bonchev–Trinajstić information content (AvgIpc) is 2.22. The summed E-state index contributed by atoms with van der Waals surface area (Å²) >= 11 is 0. The molecule has 0 amide bonds. The van der Waals surface area contributed by atoms with Gasteiger partial charge in [0, 0.05) is 5.56 Å². The van der Waals surface area contributed by atoms with Crippen molar-refractivity contribution in [2.75, 3.05) is 7.11 Å². The van der Waals surface area contributed by atoms with Crippen LogP contribution in [-0.4, -0.2) is 23.3 Å². The number of benzene rings is 1. The number of carbonyl (C=O) groups excluding carboxylic acids is 1. The second kappa shape index (κ2) is 4.27. The zero-order chi connectivity index (χ0) is 11.6. The number of esters is 1. The van der Waals surface area contributed by atoms with Gasteiger partial charge in [-0.15, -0.1) is 0 Å². The first kappa shape index (κ1) is 11.5. The van der Waals surface area contributed by atoms with Crippen molar-refractivity contribution in [3.63, 3.8) is 0 Å². The lowest BCUT2D eigenvalue weighted by atomic mass is 10.0. The molecular weight excluding hydrogens is 203 g/mol. The molecule has 1 rings (SSSR count). The number of aliphatic hydroxyl groups is 1. The molecule has 0 spiro atoms. The van der Waals surface area contributed by atoms with Crippen LogP contribution < -0.4 is 0 Å². The fourth-order valence-electron chi connectivity index (χ4n) is 1.26. The molecule has 4 nitrogen and oxygen atoms in total. The Morgan fingerprint density at radius 1 is 1.53 bits per heavy atom. The topological polar surface area (TPSA) is 66.8 Å². The Bertz CT molecular complexity index is 389. The zero-order valence-corrected chi connectivity index (χ0v) is 8.32. The van der Waals surface area contributed by atoms with E-state index in [9.17, 15) is 19.4 Å². The SMILES string of the molecule is COC(=O)C(O)c1c(O)ccc(F)c1C. The lowest BCUT2D eigenvalue weighted by Gasteiger charge is -2.13. The number of rotatable bonds is 2. The molecule has 0 heterocycles. The second-order valence-corrected chi connectivity index (χ2v) is 3.03. The summed E-state index contributed by atoms with van der Waals surface area (Å²) in [6.45, 7) is 1.36. The van der Waals surface area contributed by atoms with Crippen LogP contribution in [0.4, 0.5) is 4.39 Å². The van der Waals surface area contributed by atoms with E-state index in [4.69, 9.17) is 0 Å². The normalized spacial score (nSPS) is 12.3. The number of hydrogen-bond acceptors (Lipinski definition) is 4. The number of halogens is 1. The fraction of sp³-hybridized carbons (Fsp3) is 0.300. The molecule has 0 aliphatic heterocycles. The van der Waals surface area contributed by atoms with Crippen molar-refractivity contribution < 1.29 is 24.1 Å². The number of phenolic OH excluding ortho intramolecular Hbond substituents is 1. The highest BCUT2D eigenvalue weighted by Crippen LogP contribution is 2.29. The average molecular weight is 214 g/mol. The Hall–Kier alpha value is -1.62. The molecule has 0 saturated heterocycles. The quantitative estimate of drug-likeness (QED) is 0.722. The zero-order valence-electron chi connectivity index (χ0n) is 8.32. The van der Waals surface area contributed by atoms with E-state index in [0.29, 0.717) is 0 Å². The Morgan fingerprint density at radius 2 is 2.13 bits per heavy atom. The smallest absolute Gasteiger partial charge is 0.339 e. The molecule has 1 atom stereocenters. The van der Waals surface area contributed by atoms with E-state index in [2.05, 4.69) is 4.74 Å². The summed E-state index contributed by atoms with van der Waals surface area (Å²) in [7, 11) is 1.09. The van der Waals surface area contributed by atoms with Crippen LogP contribution in [0.5, 0.6) is 5.75 Å². The molecular formula is C10H11FO4. The number of ether oxygens (including phenoxy) is 1. The Balaban J connectivity index is 3.24. The monoisotopic (exact) mass is 214 g/mol. The summed E-state index contributed by atoms with van der Waals surface area (Å²) in [4.78, 5) is 11.0. The minimum atomic E-state index is -1.68. The van der Waals surface area contributed by atoms with Crippen LogP contribution in [-0.2, 0) is 9.53 Å². The molecule has 1 aromatic rings. The van der Waals surface area contributed by atoms with E-state index in [-0.39, 0.29) is 16.9 Å². The largest absolute Gasteiger partial charge is 0.508 e. The lowest BCUT2D eigenvalue weighted by Crippen LogP contribution is -2.15. The molecule has 0 fully saturated rings. The maximum absolute atomic E-state index is 13.1. The summed E-state index contributed by atoms with van der Waals surface area (Å²) in [5.41, 5.74) is -0.144. The van der Waals surface area contributed by atoms with Crippen molar-refractivity contribution in [3.8, 4) is 5.75 Å². The van der Waals surface area contributed by atoms with E-state index in [1.165, 1.54) is 6.92 Å². The highest BCUT2D eigenvalue weighted by molar-refractivity contribution is 5.77. The van der Waals surface area contributed by atoms with Gasteiger partial charge >= 0.3 is 5.97 Å². The van der Waals surface area contributed by atoms with Crippen LogP contribution in [0.3, 0.4) is 0 Å². The third-order valence-electron chi connectivity index (χ3n) is 2.12. The molecule has 0 aromatic heterocycles. The molecule has 0 bridgehead atoms. The van der Waals surface area contributed by atoms with Gasteiger partial charge in [-0.2, -0.15) is 0 Å². The summed E-state index contributed by atoms with van der Waals surface area (Å²) < 4.78 is 17.4. The maximum atomic E-state index is 13.1. The molecule has 0 aliphatic rings. The second-order valence-electron chi connectivity index (χ2n) is 3.03. The minimum absolute atomic E-state index is 0.0212. The van der Waals surface area contributed by atoms with Crippen molar-refractivity contribution in [1.29, 1.82) is 0 Å². The highest BCUT2D eigenvalue weighted by atomic mass is 19.1. The van der Waals surface area contributed by atoms with Gasteiger partial charge in [-0.3, -0.25) is 0 Å². The third-order valence-corrected chi connectivity index (χ3v) is 2.12. The number of phenols is 1. The first-order valence-electron chi connectivity index (χ1n) is 4.23. The molecule has 0 aliphatic carbocycles. The van der Waals surface area contributed by atoms with Gasteiger partial charge < -0.3 is 14.9 Å². The van der Waals surface area contributed by atoms with E-state index in [1.54, 1.807) is 0 Å². The molecule has 1 unspecified atom stereocenters. The van der Waals surface area contributed by atoms with Gasteiger partial charge in [-0.1, -0.05) is 0 Å². The predicted molar refractivity (Wildman–Crippen MR) is 49.8 cm³/mol. The number of aliphatic hydroxyl groups excluding tert-OH is 1. The standard InChI is InChI=1S/C10H11FO4/c1-5-6(11)3-4-7(12)8(5)9(13)10(14)15-2/h3-4,9,12-13H,1-2H3. The number of carbonyl (C=O) groups is 1. The molecule has 1 aromatic carbocycles. The van der Waals surface area contributed by atoms with Crippen LogP contribution in [0, 0.1) is 12.7 Å². The van der Waals surface area contributed by atoms with Gasteiger partial charge in [-0.05, 0) is 24.6 Å². The third kappa shape index (κ3) is 2.07. The molecule has 5 heteroatoms. The van der Waals surface area contributed by atoms with Gasteiger partial charge in [0.1, 0.15) is 11.6 Å². The van der Waals surface area contributed by atoms with E-state index >= 15 is 0 Å². The molecule has 15 heavy (non-hydrogen) atoms. The van der Waals surface area contributed by atoms with Gasteiger partial charge in [0.05, 0.1) is 7.11 Å². The van der Waals surface area contributed by atoms with Crippen LogP contribution in [0.1, 0.15) is 17.2 Å². The first-order valence-corrected chi connectivity index (χ1v) is 4.23. The van der Waals surface area contributed by atoms with Crippen molar-refractivity contribution in [2.45, 2.75) is 13.0 Å². The predicted octanol–water partition coefficient (Wildman–Crippen LogP) is 1.05. The van der Waals surface area contributed by atoms with Crippen LogP contribution in [0.25, 0.3) is 0 Å². The molecule has 0 radical (unpaired) electrons. The van der Waals surface area contributed by atoms with Crippen LogP contribution in [0.2, 0.25) is 0 Å². The fourth-order valence-corrected chi connectivity index (χ4v) is 1.26. The Kier molecular flexibility index (Phi) is 3.26. The summed E-state index contributed by atoms with van der Waals surface area (Å²) in [5.74, 6) is -1.89. The molecule has 0 saturated carbocycles. The van der Waals surface area contributed by atoms with Gasteiger partial charge in [0.25, 0.3) is 0 Å². The molecule has 82 valence electrons. The minimum Gasteiger partial charge on any atom is -0.508 e. The van der Waals surface area contributed by atoms with Gasteiger partial charge in [0.15, 0.2) is 6.10 Å². The summed E-state index contributed by atoms with van der Waals surface area (Å²) in [6.07, 6.45) is -1.68. The van der Waals surface area contributed by atoms with Crippen LogP contribution >= 0.6 is 0 Å². The lowest BCUT2D eigenvalue weighted by molar-refractivity contribution is -0.150. The van der Waals surface area contributed by atoms with E-state index in [1.807, 2.05) is 0 Å². The van der Waals surface area contributed by atoms with Crippen molar-refractivity contribution in [3.05, 3.63) is 29.1 Å². The number of aromatic hydroxyl groups is 1. The van der Waals surface area contributed by atoms with Crippen molar-refractivity contribution in [1.82, 2.24) is 0 Å². The number of hydrogen-bond donors (Lipinski definition) is 2. The van der Waals surface area contributed by atoms with Crippen molar-refractivity contribution in [2.24, 2.45) is 0 Å². The Morgan fingerprint density at radius 3 is 2.67 bits per heavy atom. The summed E-state index contributed by atoms with van der Waals surface area (Å²) in [6, 6.07) is 2.13. The Labute approximate surface area is 85.9 Å². The van der Waals surface area contributed by atoms with E-state index in [0.717, 1.165) is 19.2 Å². The maximum Gasteiger partial charge on any atom is 0.339 e.